The Bertz CT molecular complexity index is 175. The molecular formula is C11H22O4. The van der Waals surface area contributed by atoms with E-state index in [2.05, 4.69) is 9.47 Å². The molecule has 0 N–H and O–H groups in total. The minimum Gasteiger partial charge on any atom is -0.469 e. The number of carbonyl (C=O) groups is 2. The fourth-order valence-electron chi connectivity index (χ4n) is 0.723. The fourth-order valence-corrected chi connectivity index (χ4v) is 0.723. The van der Waals surface area contributed by atoms with Crippen molar-refractivity contribution in [3.8, 4) is 0 Å². The van der Waals surface area contributed by atoms with Crippen LogP contribution in [0.4, 0.5) is 0 Å². The van der Waals surface area contributed by atoms with Crippen LogP contribution in [0.2, 0.25) is 0 Å². The molecule has 4 nitrogen and oxygen atoms in total. The van der Waals surface area contributed by atoms with Gasteiger partial charge in [-0.25, -0.2) is 0 Å². The zero-order chi connectivity index (χ0) is 12.3. The van der Waals surface area contributed by atoms with Crippen LogP contribution in [0.3, 0.4) is 0 Å². The van der Waals surface area contributed by atoms with Crippen molar-refractivity contribution in [1.82, 2.24) is 0 Å². The van der Waals surface area contributed by atoms with E-state index in [0.29, 0.717) is 18.8 Å². The van der Waals surface area contributed by atoms with Crippen LogP contribution < -0.4 is 0 Å². The van der Waals surface area contributed by atoms with E-state index in [9.17, 15) is 9.59 Å². The summed E-state index contributed by atoms with van der Waals surface area (Å²) in [4.78, 5) is 20.6. The van der Waals surface area contributed by atoms with Gasteiger partial charge in [0.15, 0.2) is 0 Å². The smallest absolute Gasteiger partial charge is 0.305 e. The standard InChI is InChI=1S/C6H12O2.C5H10O2/c1-5(2)4-6(7)8-3;1-3-4-5(6)7-2/h5H,4H2,1-3H3;3-4H2,1-2H3. The van der Waals surface area contributed by atoms with E-state index in [4.69, 9.17) is 0 Å². The first-order valence-corrected chi connectivity index (χ1v) is 5.11. The third-order valence-electron chi connectivity index (χ3n) is 1.48. The molecule has 0 aliphatic rings. The molecule has 0 unspecified atom stereocenters. The molecule has 15 heavy (non-hydrogen) atoms. The molecular weight excluding hydrogens is 196 g/mol. The van der Waals surface area contributed by atoms with Gasteiger partial charge in [-0.2, -0.15) is 0 Å². The third-order valence-corrected chi connectivity index (χ3v) is 1.48. The summed E-state index contributed by atoms with van der Waals surface area (Å²) in [5, 5.41) is 0. The molecule has 0 aliphatic carbocycles. The van der Waals surface area contributed by atoms with Gasteiger partial charge in [0.25, 0.3) is 0 Å². The number of hydrogen-bond donors (Lipinski definition) is 0. The quantitative estimate of drug-likeness (QED) is 0.678. The maximum Gasteiger partial charge on any atom is 0.305 e. The third kappa shape index (κ3) is 15.7. The van der Waals surface area contributed by atoms with Gasteiger partial charge in [-0.1, -0.05) is 20.8 Å². The monoisotopic (exact) mass is 218 g/mol. The topological polar surface area (TPSA) is 52.6 Å². The second kappa shape index (κ2) is 11.0. The van der Waals surface area contributed by atoms with Crippen molar-refractivity contribution in [3.05, 3.63) is 0 Å². The Morgan fingerprint density at radius 3 is 1.67 bits per heavy atom. The normalized spacial score (nSPS) is 8.93. The summed E-state index contributed by atoms with van der Waals surface area (Å²) in [6.07, 6.45) is 1.93. The van der Waals surface area contributed by atoms with Crippen LogP contribution in [0.25, 0.3) is 0 Å². The molecule has 0 amide bonds. The molecule has 0 heterocycles. The molecule has 90 valence electrons. The number of hydrogen-bond acceptors (Lipinski definition) is 4. The van der Waals surface area contributed by atoms with Crippen LogP contribution in [-0.2, 0) is 19.1 Å². The summed E-state index contributed by atoms with van der Waals surface area (Å²) in [6, 6.07) is 0. The molecule has 0 aromatic rings. The molecule has 0 radical (unpaired) electrons. The maximum atomic E-state index is 10.4. The molecule has 0 aliphatic heterocycles. The van der Waals surface area contributed by atoms with E-state index in [1.165, 1.54) is 14.2 Å². The predicted molar refractivity (Wildman–Crippen MR) is 58.4 cm³/mol. The number of esters is 2. The summed E-state index contributed by atoms with van der Waals surface area (Å²) < 4.78 is 8.77. The molecule has 0 fully saturated rings. The summed E-state index contributed by atoms with van der Waals surface area (Å²) >= 11 is 0. The molecule has 0 aromatic heterocycles. The van der Waals surface area contributed by atoms with Gasteiger partial charge in [0.1, 0.15) is 0 Å². The molecule has 0 bridgehead atoms. The Morgan fingerprint density at radius 2 is 1.53 bits per heavy atom. The number of methoxy groups -OCH3 is 2. The predicted octanol–water partition coefficient (Wildman–Crippen LogP) is 2.17. The molecule has 0 spiro atoms. The summed E-state index contributed by atoms with van der Waals surface area (Å²) in [6.45, 7) is 5.91. The molecule has 0 atom stereocenters. The highest BCUT2D eigenvalue weighted by molar-refractivity contribution is 5.69. The van der Waals surface area contributed by atoms with Gasteiger partial charge >= 0.3 is 11.9 Å². The van der Waals surface area contributed by atoms with Gasteiger partial charge in [0.2, 0.25) is 0 Å². The van der Waals surface area contributed by atoms with Crippen LogP contribution >= 0.6 is 0 Å². The van der Waals surface area contributed by atoms with Crippen LogP contribution in [0, 0.1) is 5.92 Å². The lowest BCUT2D eigenvalue weighted by molar-refractivity contribution is -0.142. The second-order valence-electron chi connectivity index (χ2n) is 3.50. The van der Waals surface area contributed by atoms with Crippen LogP contribution in [0.1, 0.15) is 40.0 Å². The summed E-state index contributed by atoms with van der Waals surface area (Å²) in [5.41, 5.74) is 0. The lowest BCUT2D eigenvalue weighted by Crippen LogP contribution is -2.03. The van der Waals surface area contributed by atoms with Gasteiger partial charge in [-0.3, -0.25) is 9.59 Å². The van der Waals surface area contributed by atoms with Crippen molar-refractivity contribution >= 4 is 11.9 Å². The SMILES string of the molecule is CCCC(=O)OC.COC(=O)CC(C)C. The Morgan fingerprint density at radius 1 is 1.07 bits per heavy atom. The minimum absolute atomic E-state index is 0.123. The number of rotatable bonds is 4. The lowest BCUT2D eigenvalue weighted by Gasteiger charge is -1.99. The van der Waals surface area contributed by atoms with E-state index < -0.39 is 0 Å². The van der Waals surface area contributed by atoms with Crippen molar-refractivity contribution in [3.63, 3.8) is 0 Å². The van der Waals surface area contributed by atoms with Crippen LogP contribution in [0.5, 0.6) is 0 Å². The van der Waals surface area contributed by atoms with Gasteiger partial charge in [0, 0.05) is 12.8 Å². The largest absolute Gasteiger partial charge is 0.469 e. The molecule has 0 saturated carbocycles. The fraction of sp³-hybridized carbons (Fsp3) is 0.818. The lowest BCUT2D eigenvalue weighted by atomic mass is 10.1. The highest BCUT2D eigenvalue weighted by Gasteiger charge is 2.01. The Balaban J connectivity index is 0. The van der Waals surface area contributed by atoms with E-state index in [1.54, 1.807) is 0 Å². The van der Waals surface area contributed by atoms with Crippen molar-refractivity contribution in [2.24, 2.45) is 5.92 Å². The van der Waals surface area contributed by atoms with Crippen molar-refractivity contribution in [2.75, 3.05) is 14.2 Å². The van der Waals surface area contributed by atoms with Gasteiger partial charge in [-0.15, -0.1) is 0 Å². The van der Waals surface area contributed by atoms with Crippen LogP contribution in [0.15, 0.2) is 0 Å². The first-order chi connectivity index (χ1) is 6.97. The number of ether oxygens (including phenoxy) is 2. The number of carbonyl (C=O) groups excluding carboxylic acids is 2. The van der Waals surface area contributed by atoms with Gasteiger partial charge in [0.05, 0.1) is 14.2 Å². The Kier molecular flexibility index (Phi) is 12.0. The molecule has 0 aromatic carbocycles. The van der Waals surface area contributed by atoms with E-state index >= 15 is 0 Å². The molecule has 0 rings (SSSR count). The first-order valence-electron chi connectivity index (χ1n) is 5.11. The zero-order valence-corrected chi connectivity index (χ0v) is 10.3. The van der Waals surface area contributed by atoms with Crippen molar-refractivity contribution < 1.29 is 19.1 Å². The van der Waals surface area contributed by atoms with Gasteiger partial charge < -0.3 is 9.47 Å². The second-order valence-corrected chi connectivity index (χ2v) is 3.50. The first kappa shape index (κ1) is 16.4. The molecule has 4 heteroatoms. The Labute approximate surface area is 91.9 Å². The highest BCUT2D eigenvalue weighted by Crippen LogP contribution is 1.98. The van der Waals surface area contributed by atoms with Crippen molar-refractivity contribution in [2.45, 2.75) is 40.0 Å². The highest BCUT2D eigenvalue weighted by atomic mass is 16.5. The average Bonchev–Trinajstić information content (AvgIpc) is 2.18. The van der Waals surface area contributed by atoms with E-state index in [0.717, 1.165) is 6.42 Å². The van der Waals surface area contributed by atoms with Crippen LogP contribution in [-0.4, -0.2) is 26.2 Å². The minimum atomic E-state index is -0.125. The van der Waals surface area contributed by atoms with Crippen molar-refractivity contribution in [1.29, 1.82) is 0 Å². The zero-order valence-electron chi connectivity index (χ0n) is 10.3. The van der Waals surface area contributed by atoms with Gasteiger partial charge in [-0.05, 0) is 12.3 Å². The van der Waals surface area contributed by atoms with E-state index in [1.807, 2.05) is 20.8 Å². The summed E-state index contributed by atoms with van der Waals surface area (Å²) in [5.74, 6) is 0.157. The average molecular weight is 218 g/mol. The van der Waals surface area contributed by atoms with E-state index in [-0.39, 0.29) is 11.9 Å². The maximum absolute atomic E-state index is 10.4. The Hall–Kier alpha value is -1.06. The molecule has 0 saturated heterocycles. The summed E-state index contributed by atoms with van der Waals surface area (Å²) in [7, 11) is 2.81.